The summed E-state index contributed by atoms with van der Waals surface area (Å²) in [6.45, 7) is 0. The minimum Gasteiger partial charge on any atom is -0.469 e. The summed E-state index contributed by atoms with van der Waals surface area (Å²) in [5.74, 6) is 4.63. The first-order valence-corrected chi connectivity index (χ1v) is 10.8. The summed E-state index contributed by atoms with van der Waals surface area (Å²) in [5, 5.41) is 30.8. The molecule has 0 aromatic heterocycles. The van der Waals surface area contributed by atoms with E-state index in [1.165, 1.54) is 13.2 Å². The second-order valence-electron chi connectivity index (χ2n) is 8.07. The van der Waals surface area contributed by atoms with Crippen molar-refractivity contribution < 1.29 is 29.2 Å². The van der Waals surface area contributed by atoms with Crippen LogP contribution >= 0.6 is 0 Å². The smallest absolute Gasteiger partial charge is 0.305 e. The Morgan fingerprint density at radius 3 is 2.50 bits per heavy atom. The molecule has 0 radical (unpaired) electrons. The van der Waals surface area contributed by atoms with Gasteiger partial charge in [0.15, 0.2) is 0 Å². The highest BCUT2D eigenvalue weighted by Crippen LogP contribution is 2.39. The predicted octanol–water partition coefficient (Wildman–Crippen LogP) is 3.19. The zero-order chi connectivity index (χ0) is 21.9. The van der Waals surface area contributed by atoms with E-state index in [1.54, 1.807) is 18.2 Å². The van der Waals surface area contributed by atoms with Crippen LogP contribution in [0.15, 0.2) is 24.3 Å². The molecule has 5 atom stereocenters. The lowest BCUT2D eigenvalue weighted by Crippen LogP contribution is -2.23. The molecule has 3 N–H and O–H groups in total. The molecule has 0 bridgehead atoms. The molecule has 1 aromatic rings. The molecule has 1 aliphatic carbocycles. The van der Waals surface area contributed by atoms with Crippen molar-refractivity contribution in [1.82, 2.24) is 0 Å². The van der Waals surface area contributed by atoms with Gasteiger partial charge in [0.1, 0.15) is 11.9 Å². The molecule has 3 unspecified atom stereocenters. The maximum atomic E-state index is 13.6. The topological polar surface area (TPSA) is 87.0 Å². The number of aliphatic hydroxyl groups is 3. The molecule has 1 aromatic carbocycles. The van der Waals surface area contributed by atoms with Gasteiger partial charge in [-0.25, -0.2) is 4.39 Å². The van der Waals surface area contributed by atoms with Crippen molar-refractivity contribution in [3.05, 3.63) is 35.6 Å². The van der Waals surface area contributed by atoms with Crippen molar-refractivity contribution in [3.63, 3.8) is 0 Å². The summed E-state index contributed by atoms with van der Waals surface area (Å²) >= 11 is 0. The number of aliphatic hydroxyl groups excluding tert-OH is 3. The van der Waals surface area contributed by atoms with Gasteiger partial charge in [-0.05, 0) is 56.1 Å². The number of halogens is 1. The number of rotatable bonds is 10. The summed E-state index contributed by atoms with van der Waals surface area (Å²) in [6.07, 6.45) is 4.06. The van der Waals surface area contributed by atoms with Crippen LogP contribution in [-0.2, 0) is 9.53 Å². The van der Waals surface area contributed by atoms with Crippen molar-refractivity contribution in [2.24, 2.45) is 11.8 Å². The first-order valence-electron chi connectivity index (χ1n) is 10.8. The number of carbonyl (C=O) groups is 1. The van der Waals surface area contributed by atoms with Gasteiger partial charge in [0.25, 0.3) is 0 Å². The average Bonchev–Trinajstić information content (AvgIpc) is 3.00. The fourth-order valence-electron chi connectivity index (χ4n) is 4.23. The van der Waals surface area contributed by atoms with Crippen LogP contribution in [-0.4, -0.2) is 46.7 Å². The molecule has 6 heteroatoms. The molecule has 30 heavy (non-hydrogen) atoms. The molecule has 0 amide bonds. The normalized spacial score (nSPS) is 24.2. The molecule has 1 fully saturated rings. The third-order valence-corrected chi connectivity index (χ3v) is 5.94. The summed E-state index contributed by atoms with van der Waals surface area (Å²) in [6, 6.07) is 6.17. The molecule has 0 saturated heterocycles. The first kappa shape index (κ1) is 24.3. The van der Waals surface area contributed by atoms with E-state index in [9.17, 15) is 24.5 Å². The van der Waals surface area contributed by atoms with E-state index in [2.05, 4.69) is 16.6 Å². The van der Waals surface area contributed by atoms with E-state index in [4.69, 9.17) is 0 Å². The molecule has 5 nitrogen and oxygen atoms in total. The van der Waals surface area contributed by atoms with Crippen LogP contribution in [0.25, 0.3) is 0 Å². The largest absolute Gasteiger partial charge is 0.469 e. The van der Waals surface area contributed by atoms with Gasteiger partial charge in [-0.15, -0.1) is 0 Å². The monoisotopic (exact) mass is 420 g/mol. The average molecular weight is 421 g/mol. The molecule has 1 aliphatic rings. The van der Waals surface area contributed by atoms with E-state index in [-0.39, 0.29) is 23.4 Å². The minimum absolute atomic E-state index is 0.00710. The number of unbranched alkanes of at least 4 members (excludes halogenated alkanes) is 3. The van der Waals surface area contributed by atoms with Crippen molar-refractivity contribution in [2.45, 2.75) is 76.1 Å². The number of carbonyl (C=O) groups excluding carboxylic acids is 1. The van der Waals surface area contributed by atoms with E-state index in [0.717, 1.165) is 32.1 Å². The fourth-order valence-corrected chi connectivity index (χ4v) is 4.23. The van der Waals surface area contributed by atoms with E-state index < -0.39 is 24.1 Å². The summed E-state index contributed by atoms with van der Waals surface area (Å²) < 4.78 is 18.2. The number of esters is 1. The minimum atomic E-state index is -0.909. The lowest BCUT2D eigenvalue weighted by molar-refractivity contribution is -0.140. The Balaban J connectivity index is 1.77. The van der Waals surface area contributed by atoms with Crippen LogP contribution in [0.4, 0.5) is 4.39 Å². The van der Waals surface area contributed by atoms with Gasteiger partial charge in [-0.1, -0.05) is 43.2 Å². The standard InChI is InChI=1S/C24H33FO5/c1-30-24(29)11-5-3-2-4-9-19-20(23(28)16-22(19)27)15-14-18(26)13-12-17-8-6-7-10-21(17)25/h6-8,10,18-20,22-23,26-28H,2-5,9,11,14-16H2,1H3/t18?,19-,20-,22?,23?/m1/s1. The quantitative estimate of drug-likeness (QED) is 0.307. The van der Waals surface area contributed by atoms with Gasteiger partial charge >= 0.3 is 5.97 Å². The van der Waals surface area contributed by atoms with Crippen LogP contribution in [0.2, 0.25) is 0 Å². The van der Waals surface area contributed by atoms with Crippen LogP contribution in [0, 0.1) is 29.5 Å². The predicted molar refractivity (Wildman–Crippen MR) is 112 cm³/mol. The molecule has 0 spiro atoms. The van der Waals surface area contributed by atoms with E-state index in [0.29, 0.717) is 25.7 Å². The van der Waals surface area contributed by atoms with E-state index in [1.807, 2.05) is 0 Å². The molecule has 0 heterocycles. The SMILES string of the molecule is COC(=O)CCCCCC[C@H]1C(O)CC(O)[C@@H]1CCC(O)C#Cc1ccccc1F. The van der Waals surface area contributed by atoms with Crippen LogP contribution in [0.1, 0.15) is 63.4 Å². The maximum absolute atomic E-state index is 13.6. The summed E-state index contributed by atoms with van der Waals surface area (Å²) in [7, 11) is 1.39. The highest BCUT2D eigenvalue weighted by atomic mass is 19.1. The van der Waals surface area contributed by atoms with Gasteiger partial charge in [0, 0.05) is 6.42 Å². The number of ether oxygens (including phenoxy) is 1. The zero-order valence-corrected chi connectivity index (χ0v) is 17.6. The number of hydrogen-bond donors (Lipinski definition) is 3. The molecule has 1 saturated carbocycles. The highest BCUT2D eigenvalue weighted by molar-refractivity contribution is 5.68. The first-order chi connectivity index (χ1) is 14.4. The highest BCUT2D eigenvalue weighted by Gasteiger charge is 2.40. The lowest BCUT2D eigenvalue weighted by atomic mass is 9.85. The third-order valence-electron chi connectivity index (χ3n) is 5.94. The van der Waals surface area contributed by atoms with Crippen molar-refractivity contribution in [1.29, 1.82) is 0 Å². The Kier molecular flexibility index (Phi) is 10.3. The van der Waals surface area contributed by atoms with Gasteiger partial charge in [0.2, 0.25) is 0 Å². The van der Waals surface area contributed by atoms with Crippen molar-refractivity contribution in [2.75, 3.05) is 7.11 Å². The van der Waals surface area contributed by atoms with Crippen LogP contribution in [0.5, 0.6) is 0 Å². The Morgan fingerprint density at radius 1 is 1.13 bits per heavy atom. The molecular weight excluding hydrogens is 387 g/mol. The maximum Gasteiger partial charge on any atom is 0.305 e. The Bertz CT molecular complexity index is 726. The number of methoxy groups -OCH3 is 1. The molecule has 0 aliphatic heterocycles. The van der Waals surface area contributed by atoms with Gasteiger partial charge in [0.05, 0.1) is 24.9 Å². The van der Waals surface area contributed by atoms with Gasteiger partial charge < -0.3 is 20.1 Å². The Morgan fingerprint density at radius 2 is 1.80 bits per heavy atom. The van der Waals surface area contributed by atoms with E-state index >= 15 is 0 Å². The summed E-state index contributed by atoms with van der Waals surface area (Å²) in [5.41, 5.74) is 0.248. The van der Waals surface area contributed by atoms with Crippen LogP contribution < -0.4 is 0 Å². The molecule has 2 rings (SSSR count). The zero-order valence-electron chi connectivity index (χ0n) is 17.6. The number of hydrogen-bond acceptors (Lipinski definition) is 5. The third kappa shape index (κ3) is 7.71. The molecular formula is C24H33FO5. The van der Waals surface area contributed by atoms with Crippen molar-refractivity contribution >= 4 is 5.97 Å². The lowest BCUT2D eigenvalue weighted by Gasteiger charge is -2.24. The van der Waals surface area contributed by atoms with Gasteiger partial charge in [-0.3, -0.25) is 4.79 Å². The van der Waals surface area contributed by atoms with Crippen molar-refractivity contribution in [3.8, 4) is 11.8 Å². The van der Waals surface area contributed by atoms with Crippen LogP contribution in [0.3, 0.4) is 0 Å². The van der Waals surface area contributed by atoms with Gasteiger partial charge in [-0.2, -0.15) is 0 Å². The summed E-state index contributed by atoms with van der Waals surface area (Å²) in [4.78, 5) is 11.1. The fraction of sp³-hybridized carbons (Fsp3) is 0.625. The second-order valence-corrected chi connectivity index (χ2v) is 8.07. The number of benzene rings is 1. The molecule has 166 valence electrons. The second kappa shape index (κ2) is 12.7. The Labute approximate surface area is 178 Å². The Hall–Kier alpha value is -1.94.